The molecule has 1 aromatic heterocycles. The van der Waals surface area contributed by atoms with E-state index in [9.17, 15) is 0 Å². The van der Waals surface area contributed by atoms with Crippen LogP contribution in [0.15, 0.2) is 18.5 Å². The minimum absolute atomic E-state index is 0.669. The SMILES string of the molecule is CCC(CCN)CNc1ccncc1C. The van der Waals surface area contributed by atoms with Crippen molar-refractivity contribution >= 4 is 5.69 Å². The zero-order valence-electron chi connectivity index (χ0n) is 9.66. The normalized spacial score (nSPS) is 12.5. The Morgan fingerprint density at radius 2 is 2.33 bits per heavy atom. The van der Waals surface area contributed by atoms with Gasteiger partial charge in [-0.15, -0.1) is 0 Å². The van der Waals surface area contributed by atoms with Crippen LogP contribution in [0, 0.1) is 12.8 Å². The van der Waals surface area contributed by atoms with E-state index in [0.29, 0.717) is 5.92 Å². The molecule has 0 spiro atoms. The van der Waals surface area contributed by atoms with Crippen molar-refractivity contribution in [1.29, 1.82) is 0 Å². The molecule has 0 fully saturated rings. The lowest BCUT2D eigenvalue weighted by Gasteiger charge is -2.16. The highest BCUT2D eigenvalue weighted by Gasteiger charge is 2.05. The third-order valence-electron chi connectivity index (χ3n) is 2.75. The van der Waals surface area contributed by atoms with Crippen LogP contribution < -0.4 is 11.1 Å². The second kappa shape index (κ2) is 6.40. The van der Waals surface area contributed by atoms with Gasteiger partial charge in [0.1, 0.15) is 0 Å². The summed E-state index contributed by atoms with van der Waals surface area (Å²) in [6.07, 6.45) is 5.97. The number of hydrogen-bond acceptors (Lipinski definition) is 3. The number of aryl methyl sites for hydroxylation is 1. The van der Waals surface area contributed by atoms with Crippen molar-refractivity contribution in [2.45, 2.75) is 26.7 Å². The van der Waals surface area contributed by atoms with Crippen molar-refractivity contribution in [3.05, 3.63) is 24.0 Å². The number of nitrogens with two attached hydrogens (primary N) is 1. The Morgan fingerprint density at radius 1 is 1.53 bits per heavy atom. The summed E-state index contributed by atoms with van der Waals surface area (Å²) in [4.78, 5) is 4.07. The van der Waals surface area contributed by atoms with Gasteiger partial charge in [-0.2, -0.15) is 0 Å². The van der Waals surface area contributed by atoms with Crippen molar-refractivity contribution in [3.63, 3.8) is 0 Å². The van der Waals surface area contributed by atoms with E-state index in [-0.39, 0.29) is 0 Å². The molecule has 3 nitrogen and oxygen atoms in total. The number of nitrogens with one attached hydrogen (secondary N) is 1. The first-order valence-corrected chi connectivity index (χ1v) is 5.62. The zero-order chi connectivity index (χ0) is 11.1. The molecule has 1 rings (SSSR count). The van der Waals surface area contributed by atoms with Crippen molar-refractivity contribution in [1.82, 2.24) is 4.98 Å². The molecule has 15 heavy (non-hydrogen) atoms. The first-order chi connectivity index (χ1) is 7.27. The number of anilines is 1. The molecule has 0 aliphatic heterocycles. The van der Waals surface area contributed by atoms with Gasteiger partial charge < -0.3 is 11.1 Å². The maximum absolute atomic E-state index is 5.57. The lowest BCUT2D eigenvalue weighted by atomic mass is 10.0. The van der Waals surface area contributed by atoms with Crippen molar-refractivity contribution < 1.29 is 0 Å². The average molecular weight is 207 g/mol. The molecule has 3 N–H and O–H groups in total. The summed E-state index contributed by atoms with van der Waals surface area (Å²) < 4.78 is 0. The minimum Gasteiger partial charge on any atom is -0.384 e. The quantitative estimate of drug-likeness (QED) is 0.751. The van der Waals surface area contributed by atoms with Crippen LogP contribution in [0.3, 0.4) is 0 Å². The molecular weight excluding hydrogens is 186 g/mol. The standard InChI is InChI=1S/C12H21N3/c1-3-11(4-6-13)9-15-12-5-7-14-8-10(12)2/h5,7-8,11H,3-4,6,9,13H2,1-2H3,(H,14,15). The van der Waals surface area contributed by atoms with Crippen LogP contribution in [0.5, 0.6) is 0 Å². The monoisotopic (exact) mass is 207 g/mol. The molecular formula is C12H21N3. The summed E-state index contributed by atoms with van der Waals surface area (Å²) in [5.74, 6) is 0.669. The first kappa shape index (κ1) is 12.0. The molecule has 84 valence electrons. The van der Waals surface area contributed by atoms with Gasteiger partial charge in [0.2, 0.25) is 0 Å². The van der Waals surface area contributed by atoms with Crippen molar-refractivity contribution in [2.24, 2.45) is 11.7 Å². The van der Waals surface area contributed by atoms with E-state index in [1.165, 1.54) is 17.7 Å². The first-order valence-electron chi connectivity index (χ1n) is 5.62. The molecule has 1 aromatic rings. The van der Waals surface area contributed by atoms with Crippen molar-refractivity contribution in [3.8, 4) is 0 Å². The molecule has 3 heteroatoms. The lowest BCUT2D eigenvalue weighted by molar-refractivity contribution is 0.501. The van der Waals surface area contributed by atoms with Crippen LogP contribution in [-0.2, 0) is 0 Å². The van der Waals surface area contributed by atoms with E-state index < -0.39 is 0 Å². The van der Waals surface area contributed by atoms with Crippen LogP contribution in [0.4, 0.5) is 5.69 Å². The van der Waals surface area contributed by atoms with Crippen LogP contribution in [0.1, 0.15) is 25.3 Å². The third kappa shape index (κ3) is 3.88. The highest BCUT2D eigenvalue weighted by molar-refractivity contribution is 5.48. The summed E-state index contributed by atoms with van der Waals surface area (Å²) >= 11 is 0. The molecule has 0 aliphatic carbocycles. The predicted octanol–water partition coefficient (Wildman–Crippen LogP) is 2.18. The van der Waals surface area contributed by atoms with E-state index in [1.54, 1.807) is 0 Å². The number of nitrogens with zero attached hydrogens (tertiary/aromatic N) is 1. The number of aromatic nitrogens is 1. The molecule has 0 aromatic carbocycles. The Balaban J connectivity index is 2.45. The van der Waals surface area contributed by atoms with Gasteiger partial charge in [-0.3, -0.25) is 4.98 Å². The van der Waals surface area contributed by atoms with Gasteiger partial charge >= 0.3 is 0 Å². The second-order valence-corrected chi connectivity index (χ2v) is 3.92. The summed E-state index contributed by atoms with van der Waals surface area (Å²) in [6, 6.07) is 2.02. The molecule has 0 aliphatic rings. The molecule has 1 heterocycles. The van der Waals surface area contributed by atoms with Crippen LogP contribution in [0.2, 0.25) is 0 Å². The highest BCUT2D eigenvalue weighted by Crippen LogP contribution is 2.14. The van der Waals surface area contributed by atoms with Crippen LogP contribution in [-0.4, -0.2) is 18.1 Å². The van der Waals surface area contributed by atoms with Crippen LogP contribution >= 0.6 is 0 Å². The fourth-order valence-corrected chi connectivity index (χ4v) is 1.61. The maximum Gasteiger partial charge on any atom is 0.0400 e. The fraction of sp³-hybridized carbons (Fsp3) is 0.583. The van der Waals surface area contributed by atoms with E-state index in [1.807, 2.05) is 18.5 Å². The van der Waals surface area contributed by atoms with Gasteiger partial charge in [0.25, 0.3) is 0 Å². The van der Waals surface area contributed by atoms with Gasteiger partial charge in [-0.25, -0.2) is 0 Å². The Bertz CT molecular complexity index is 286. The molecule has 0 amide bonds. The Kier molecular flexibility index (Phi) is 5.12. The number of pyridine rings is 1. The van der Waals surface area contributed by atoms with Gasteiger partial charge in [-0.05, 0) is 37.4 Å². The molecule has 1 unspecified atom stereocenters. The Morgan fingerprint density at radius 3 is 2.93 bits per heavy atom. The third-order valence-corrected chi connectivity index (χ3v) is 2.75. The highest BCUT2D eigenvalue weighted by atomic mass is 14.9. The summed E-state index contributed by atoms with van der Waals surface area (Å²) in [5.41, 5.74) is 7.94. The van der Waals surface area contributed by atoms with E-state index in [4.69, 9.17) is 5.73 Å². The van der Waals surface area contributed by atoms with Gasteiger partial charge in [0.05, 0.1) is 0 Å². The molecule has 0 saturated carbocycles. The molecule has 0 saturated heterocycles. The largest absolute Gasteiger partial charge is 0.384 e. The van der Waals surface area contributed by atoms with Gasteiger partial charge in [0, 0.05) is 24.6 Å². The molecule has 1 atom stereocenters. The fourth-order valence-electron chi connectivity index (χ4n) is 1.61. The number of rotatable bonds is 6. The van der Waals surface area contributed by atoms with E-state index in [2.05, 4.69) is 24.1 Å². The average Bonchev–Trinajstić information content (AvgIpc) is 2.26. The Hall–Kier alpha value is -1.09. The second-order valence-electron chi connectivity index (χ2n) is 3.92. The van der Waals surface area contributed by atoms with Crippen molar-refractivity contribution in [2.75, 3.05) is 18.4 Å². The van der Waals surface area contributed by atoms with E-state index in [0.717, 1.165) is 19.5 Å². The zero-order valence-corrected chi connectivity index (χ0v) is 9.66. The summed E-state index contributed by atoms with van der Waals surface area (Å²) in [5, 5.41) is 3.45. The molecule has 0 bridgehead atoms. The van der Waals surface area contributed by atoms with E-state index >= 15 is 0 Å². The summed E-state index contributed by atoms with van der Waals surface area (Å²) in [7, 11) is 0. The Labute approximate surface area is 92.1 Å². The lowest BCUT2D eigenvalue weighted by Crippen LogP contribution is -2.17. The smallest absolute Gasteiger partial charge is 0.0400 e. The number of hydrogen-bond donors (Lipinski definition) is 2. The topological polar surface area (TPSA) is 50.9 Å². The minimum atomic E-state index is 0.669. The van der Waals surface area contributed by atoms with Gasteiger partial charge in [0.15, 0.2) is 0 Å². The molecule has 0 radical (unpaired) electrons. The van der Waals surface area contributed by atoms with Crippen LogP contribution in [0.25, 0.3) is 0 Å². The van der Waals surface area contributed by atoms with Gasteiger partial charge in [-0.1, -0.05) is 13.3 Å². The predicted molar refractivity (Wildman–Crippen MR) is 64.9 cm³/mol. The maximum atomic E-state index is 5.57. The summed E-state index contributed by atoms with van der Waals surface area (Å²) in [6.45, 7) is 6.05.